The molecule has 0 heterocycles. The van der Waals surface area contributed by atoms with Crippen molar-refractivity contribution in [3.05, 3.63) is 64.7 Å². The molecule has 2 rings (SSSR count). The summed E-state index contributed by atoms with van der Waals surface area (Å²) in [5.41, 5.74) is 0.417. The number of halogens is 2. The Kier molecular flexibility index (Phi) is 6.89. The SMILES string of the molecule is COc1ccc(CCNC(=O)C(C#N)=Cc2cccc(F)c2F)cc1OC. The molecule has 0 bridgehead atoms. The van der Waals surface area contributed by atoms with Crippen LogP contribution in [0, 0.1) is 23.0 Å². The van der Waals surface area contributed by atoms with Gasteiger partial charge in [-0.25, -0.2) is 8.78 Å². The Hall–Kier alpha value is -3.40. The summed E-state index contributed by atoms with van der Waals surface area (Å²) in [5.74, 6) is -1.66. The molecule has 0 radical (unpaired) electrons. The predicted molar refractivity (Wildman–Crippen MR) is 96.2 cm³/mol. The Morgan fingerprint density at radius 1 is 1.19 bits per heavy atom. The predicted octanol–water partition coefficient (Wildman–Crippen LogP) is 3.25. The quantitative estimate of drug-likeness (QED) is 0.598. The number of nitriles is 1. The normalized spacial score (nSPS) is 10.9. The lowest BCUT2D eigenvalue weighted by Crippen LogP contribution is -2.26. The van der Waals surface area contributed by atoms with Crippen LogP contribution in [0.5, 0.6) is 11.5 Å². The Bertz CT molecular complexity index is 905. The van der Waals surface area contributed by atoms with E-state index in [4.69, 9.17) is 14.7 Å². The molecule has 2 aromatic rings. The van der Waals surface area contributed by atoms with Gasteiger partial charge in [0.15, 0.2) is 23.1 Å². The van der Waals surface area contributed by atoms with Gasteiger partial charge >= 0.3 is 0 Å². The van der Waals surface area contributed by atoms with Crippen molar-refractivity contribution >= 4 is 12.0 Å². The van der Waals surface area contributed by atoms with Crippen LogP contribution < -0.4 is 14.8 Å². The van der Waals surface area contributed by atoms with E-state index < -0.39 is 17.5 Å². The van der Waals surface area contributed by atoms with E-state index in [2.05, 4.69) is 5.32 Å². The van der Waals surface area contributed by atoms with Crippen LogP contribution in [0.4, 0.5) is 8.78 Å². The van der Waals surface area contributed by atoms with Crippen LogP contribution in [0.2, 0.25) is 0 Å². The van der Waals surface area contributed by atoms with Crippen molar-refractivity contribution in [2.24, 2.45) is 0 Å². The van der Waals surface area contributed by atoms with Gasteiger partial charge in [-0.15, -0.1) is 0 Å². The number of rotatable bonds is 7. The van der Waals surface area contributed by atoms with Crippen LogP contribution in [-0.4, -0.2) is 26.7 Å². The molecule has 0 saturated carbocycles. The van der Waals surface area contributed by atoms with Gasteiger partial charge in [0.1, 0.15) is 11.6 Å². The van der Waals surface area contributed by atoms with Crippen LogP contribution in [0.15, 0.2) is 42.0 Å². The summed E-state index contributed by atoms with van der Waals surface area (Å²) in [4.78, 5) is 12.1. The molecule has 7 heteroatoms. The van der Waals surface area contributed by atoms with E-state index in [1.165, 1.54) is 26.4 Å². The largest absolute Gasteiger partial charge is 0.493 e. The summed E-state index contributed by atoms with van der Waals surface area (Å²) in [6.07, 6.45) is 1.50. The van der Waals surface area contributed by atoms with Crippen molar-refractivity contribution in [1.82, 2.24) is 5.32 Å². The van der Waals surface area contributed by atoms with Crippen LogP contribution in [0.1, 0.15) is 11.1 Å². The van der Waals surface area contributed by atoms with E-state index in [1.54, 1.807) is 18.2 Å². The topological polar surface area (TPSA) is 71.3 Å². The van der Waals surface area contributed by atoms with Gasteiger partial charge in [-0.05, 0) is 36.3 Å². The zero-order chi connectivity index (χ0) is 19.8. The maximum Gasteiger partial charge on any atom is 0.261 e. The first-order valence-electron chi connectivity index (χ1n) is 8.05. The van der Waals surface area contributed by atoms with Crippen molar-refractivity contribution in [2.75, 3.05) is 20.8 Å². The highest BCUT2D eigenvalue weighted by Gasteiger charge is 2.12. The highest BCUT2D eigenvalue weighted by Crippen LogP contribution is 2.27. The third-order valence-electron chi connectivity index (χ3n) is 3.79. The zero-order valence-corrected chi connectivity index (χ0v) is 14.9. The van der Waals surface area contributed by atoms with E-state index in [0.29, 0.717) is 17.9 Å². The van der Waals surface area contributed by atoms with Crippen LogP contribution in [-0.2, 0) is 11.2 Å². The summed E-state index contributed by atoms with van der Waals surface area (Å²) in [6.45, 7) is 0.249. The van der Waals surface area contributed by atoms with Gasteiger partial charge in [0.2, 0.25) is 0 Å². The molecule has 0 aliphatic rings. The number of carbonyl (C=O) groups is 1. The van der Waals surface area contributed by atoms with Gasteiger partial charge in [-0.3, -0.25) is 4.79 Å². The summed E-state index contributed by atoms with van der Waals surface area (Å²) in [7, 11) is 3.06. The number of methoxy groups -OCH3 is 2. The van der Waals surface area contributed by atoms with E-state index in [9.17, 15) is 13.6 Å². The molecule has 1 amide bonds. The Labute approximate surface area is 155 Å². The number of ether oxygens (including phenoxy) is 2. The average molecular weight is 372 g/mol. The second-order valence-corrected chi connectivity index (χ2v) is 5.51. The maximum atomic E-state index is 13.7. The van der Waals surface area contributed by atoms with Crippen molar-refractivity contribution in [3.63, 3.8) is 0 Å². The lowest BCUT2D eigenvalue weighted by Gasteiger charge is -2.10. The minimum atomic E-state index is -1.11. The molecule has 5 nitrogen and oxygen atoms in total. The summed E-state index contributed by atoms with van der Waals surface area (Å²) < 4.78 is 37.3. The first-order chi connectivity index (χ1) is 13.0. The van der Waals surface area contributed by atoms with E-state index in [0.717, 1.165) is 17.7 Å². The van der Waals surface area contributed by atoms with Crippen molar-refractivity contribution in [1.29, 1.82) is 5.26 Å². The molecule has 0 aromatic heterocycles. The molecule has 2 aromatic carbocycles. The molecule has 140 valence electrons. The van der Waals surface area contributed by atoms with Crippen molar-refractivity contribution in [3.8, 4) is 17.6 Å². The lowest BCUT2D eigenvalue weighted by molar-refractivity contribution is -0.117. The number of carbonyl (C=O) groups excluding carboxylic acids is 1. The molecule has 0 aliphatic heterocycles. The third-order valence-corrected chi connectivity index (χ3v) is 3.79. The fourth-order valence-electron chi connectivity index (χ4n) is 2.39. The number of nitrogens with one attached hydrogen (secondary N) is 1. The molecule has 27 heavy (non-hydrogen) atoms. The molecule has 1 N–H and O–H groups in total. The Morgan fingerprint density at radius 2 is 1.93 bits per heavy atom. The highest BCUT2D eigenvalue weighted by atomic mass is 19.2. The van der Waals surface area contributed by atoms with Crippen LogP contribution in [0.25, 0.3) is 6.08 Å². The van der Waals surface area contributed by atoms with E-state index in [-0.39, 0.29) is 17.7 Å². The maximum absolute atomic E-state index is 13.7. The zero-order valence-electron chi connectivity index (χ0n) is 14.9. The lowest BCUT2D eigenvalue weighted by atomic mass is 10.1. The number of hydrogen-bond acceptors (Lipinski definition) is 4. The van der Waals surface area contributed by atoms with Gasteiger partial charge in [0.05, 0.1) is 14.2 Å². The van der Waals surface area contributed by atoms with Gasteiger partial charge in [0, 0.05) is 12.1 Å². The highest BCUT2D eigenvalue weighted by molar-refractivity contribution is 6.01. The first-order valence-corrected chi connectivity index (χ1v) is 8.05. The fourth-order valence-corrected chi connectivity index (χ4v) is 2.39. The second-order valence-electron chi connectivity index (χ2n) is 5.51. The first kappa shape index (κ1) is 19.9. The monoisotopic (exact) mass is 372 g/mol. The second kappa shape index (κ2) is 9.34. The molecule has 0 unspecified atom stereocenters. The number of amides is 1. The summed E-state index contributed by atoms with van der Waals surface area (Å²) in [5, 5.41) is 11.7. The molecule has 0 saturated heterocycles. The van der Waals surface area contributed by atoms with Gasteiger partial charge in [0.25, 0.3) is 5.91 Å². The minimum absolute atomic E-state index is 0.165. The Morgan fingerprint density at radius 3 is 2.59 bits per heavy atom. The van der Waals surface area contributed by atoms with Gasteiger partial charge < -0.3 is 14.8 Å². The summed E-state index contributed by atoms with van der Waals surface area (Å²) >= 11 is 0. The van der Waals surface area contributed by atoms with Gasteiger partial charge in [-0.2, -0.15) is 5.26 Å². The smallest absolute Gasteiger partial charge is 0.261 e. The number of hydrogen-bond donors (Lipinski definition) is 1. The van der Waals surface area contributed by atoms with Gasteiger partial charge in [-0.1, -0.05) is 18.2 Å². The van der Waals surface area contributed by atoms with Crippen molar-refractivity contribution in [2.45, 2.75) is 6.42 Å². The molecule has 0 aliphatic carbocycles. The average Bonchev–Trinajstić information content (AvgIpc) is 2.68. The molecule has 0 fully saturated rings. The standard InChI is InChI=1S/C20H18F2N2O3/c1-26-17-7-6-13(10-18(17)27-2)8-9-24-20(25)15(12-23)11-14-4-3-5-16(21)19(14)22/h3-7,10-11H,8-9H2,1-2H3,(H,24,25). The molecule has 0 spiro atoms. The third kappa shape index (κ3) is 5.05. The van der Waals surface area contributed by atoms with E-state index in [1.807, 2.05) is 6.07 Å². The van der Waals surface area contributed by atoms with Crippen LogP contribution >= 0.6 is 0 Å². The number of nitrogens with zero attached hydrogens (tertiary/aromatic N) is 1. The summed E-state index contributed by atoms with van der Waals surface area (Å²) in [6, 6.07) is 10.6. The molecular formula is C20H18F2N2O3. The van der Waals surface area contributed by atoms with Crippen LogP contribution in [0.3, 0.4) is 0 Å². The number of benzene rings is 2. The Balaban J connectivity index is 2.03. The molecular weight excluding hydrogens is 354 g/mol. The van der Waals surface area contributed by atoms with Crippen molar-refractivity contribution < 1.29 is 23.0 Å². The minimum Gasteiger partial charge on any atom is -0.493 e. The fraction of sp³-hybridized carbons (Fsp3) is 0.200. The molecule has 0 atom stereocenters. The van der Waals surface area contributed by atoms with E-state index >= 15 is 0 Å².